The van der Waals surface area contributed by atoms with E-state index in [0.29, 0.717) is 0 Å². The first kappa shape index (κ1) is 24.3. The normalized spacial score (nSPS) is 12.1. The van der Waals surface area contributed by atoms with E-state index in [0.717, 1.165) is 5.69 Å². The van der Waals surface area contributed by atoms with E-state index in [2.05, 4.69) is 44.3 Å². The summed E-state index contributed by atoms with van der Waals surface area (Å²) in [4.78, 5) is 12.4. The van der Waals surface area contributed by atoms with E-state index < -0.39 is 24.0 Å². The molecule has 1 aromatic rings. The maximum atomic E-state index is 12.4. The monoisotopic (exact) mass is 484 g/mol. The quantitative estimate of drug-likeness (QED) is 0.270. The van der Waals surface area contributed by atoms with E-state index in [-0.39, 0.29) is 6.09 Å². The van der Waals surface area contributed by atoms with Gasteiger partial charge in [0.1, 0.15) is 0 Å². The number of benzene rings is 1. The van der Waals surface area contributed by atoms with Gasteiger partial charge in [-0.15, -0.1) is 0 Å². The average Bonchev–Trinajstić information content (AvgIpc) is 2.60. The van der Waals surface area contributed by atoms with Crippen LogP contribution >= 0.6 is 0 Å². The second-order valence-corrected chi connectivity index (χ2v) is 21.9. The first-order valence-electron chi connectivity index (χ1n) is 10.9. The molecule has 0 heterocycles. The van der Waals surface area contributed by atoms with Crippen LogP contribution in [0.2, 0.25) is 13.3 Å². The fourth-order valence-electron chi connectivity index (χ4n) is 3.79. The van der Waals surface area contributed by atoms with Gasteiger partial charge in [-0.05, 0) is 0 Å². The summed E-state index contributed by atoms with van der Waals surface area (Å²) >= 11 is -2.60. The summed E-state index contributed by atoms with van der Waals surface area (Å²) in [5.74, 6) is 0. The van der Waals surface area contributed by atoms with Gasteiger partial charge in [0.25, 0.3) is 0 Å². The van der Waals surface area contributed by atoms with E-state index in [1.807, 2.05) is 26.8 Å². The molecule has 154 valence electrons. The summed E-state index contributed by atoms with van der Waals surface area (Å²) in [6, 6.07) is 8.58. The average molecular weight is 483 g/mol. The van der Waals surface area contributed by atoms with Gasteiger partial charge in [-0.25, -0.2) is 0 Å². The molecule has 0 unspecified atom stereocenters. The number of hydrogen-bond donors (Lipinski definition) is 1. The van der Waals surface area contributed by atoms with Crippen molar-refractivity contribution < 1.29 is 9.53 Å². The van der Waals surface area contributed by atoms with Gasteiger partial charge in [0, 0.05) is 0 Å². The molecule has 0 aromatic heterocycles. The summed E-state index contributed by atoms with van der Waals surface area (Å²) in [6.07, 6.45) is 7.34. The SMILES string of the molecule is CCC[CH2][Sn]([CH2]CCC)([CH2]CCC)[c]1ccccc1[15NH]C(=O)OC(C)(C)C. The van der Waals surface area contributed by atoms with Gasteiger partial charge in [0.2, 0.25) is 0 Å². The molecule has 27 heavy (non-hydrogen) atoms. The predicted molar refractivity (Wildman–Crippen MR) is 121 cm³/mol. The zero-order valence-electron chi connectivity index (χ0n) is 18.5. The number of anilines is 1. The van der Waals surface area contributed by atoms with Crippen LogP contribution in [-0.2, 0) is 4.74 Å². The number of hydrogen-bond acceptors (Lipinski definition) is 2. The molecule has 0 radical (unpaired) electrons. The zero-order valence-corrected chi connectivity index (χ0v) is 21.3. The van der Waals surface area contributed by atoms with Gasteiger partial charge in [0.15, 0.2) is 0 Å². The Hall–Kier alpha value is -0.711. The van der Waals surface area contributed by atoms with Crippen molar-refractivity contribution >= 4 is 33.7 Å². The molecular formula is C23H41NO2Sn. The van der Waals surface area contributed by atoms with Crippen LogP contribution in [0, 0.1) is 0 Å². The third-order valence-corrected chi connectivity index (χ3v) is 20.9. The number of rotatable bonds is 11. The van der Waals surface area contributed by atoms with Crippen molar-refractivity contribution in [1.29, 1.82) is 0 Å². The summed E-state index contributed by atoms with van der Waals surface area (Å²) in [5.41, 5.74) is 0.525. The van der Waals surface area contributed by atoms with Gasteiger partial charge < -0.3 is 0 Å². The molecule has 0 saturated heterocycles. The van der Waals surface area contributed by atoms with Crippen LogP contribution in [0.15, 0.2) is 24.3 Å². The number of nitrogens with one attached hydrogen (secondary N) is 1. The Morgan fingerprint density at radius 3 is 1.85 bits per heavy atom. The van der Waals surface area contributed by atoms with Crippen molar-refractivity contribution in [3.05, 3.63) is 24.3 Å². The molecule has 0 saturated carbocycles. The minimum absolute atomic E-state index is 0.336. The number of ether oxygens (including phenoxy) is 1. The fraction of sp³-hybridized carbons (Fsp3) is 0.696. The van der Waals surface area contributed by atoms with E-state index in [1.54, 1.807) is 0 Å². The third kappa shape index (κ3) is 8.45. The van der Waals surface area contributed by atoms with Crippen LogP contribution in [-0.4, -0.2) is 30.1 Å². The molecule has 1 aromatic carbocycles. The Morgan fingerprint density at radius 1 is 0.926 bits per heavy atom. The van der Waals surface area contributed by atoms with Gasteiger partial charge in [-0.1, -0.05) is 0 Å². The number of amides is 1. The summed E-state index contributed by atoms with van der Waals surface area (Å²) in [5, 5.41) is 3.09. The molecule has 3 nitrogen and oxygen atoms in total. The van der Waals surface area contributed by atoms with Crippen LogP contribution in [0.25, 0.3) is 0 Å². The molecule has 0 aliphatic heterocycles. The zero-order chi connectivity index (χ0) is 20.3. The van der Waals surface area contributed by atoms with Crippen LogP contribution < -0.4 is 8.90 Å². The van der Waals surface area contributed by atoms with Crippen molar-refractivity contribution in [2.75, 3.05) is 5.32 Å². The molecule has 0 fully saturated rings. The van der Waals surface area contributed by atoms with Gasteiger partial charge >= 0.3 is 172 Å². The molecule has 0 spiro atoms. The molecule has 0 aliphatic rings. The summed E-state index contributed by atoms with van der Waals surface area (Å²) < 4.78 is 11.2. The van der Waals surface area contributed by atoms with Crippen LogP contribution in [0.5, 0.6) is 0 Å². The van der Waals surface area contributed by atoms with Crippen molar-refractivity contribution in [3.8, 4) is 0 Å². The topological polar surface area (TPSA) is 38.3 Å². The standard InChI is InChI=1S/C11H14NO2.3C4H9.Sn/c1-11(2,3)14-10(13)12-9-7-5-4-6-8-9;3*1-3-4-2;/h4-7H,1-3H3,(H,12,13);3*1,3-4H2,2H3;/i12+1;;;;. The number of unbranched alkanes of at least 4 members (excludes halogenated alkanes) is 3. The molecular weight excluding hydrogens is 442 g/mol. The Labute approximate surface area is 171 Å². The van der Waals surface area contributed by atoms with E-state index in [1.165, 1.54) is 55.4 Å². The molecule has 0 atom stereocenters. The van der Waals surface area contributed by atoms with E-state index in [9.17, 15) is 4.79 Å². The maximum absolute atomic E-state index is 12.4. The first-order chi connectivity index (χ1) is 12.8. The first-order valence-corrected chi connectivity index (χ1v) is 18.4. The van der Waals surface area contributed by atoms with Crippen molar-refractivity contribution in [2.45, 2.75) is 99.0 Å². The van der Waals surface area contributed by atoms with Crippen molar-refractivity contribution in [1.82, 2.24) is 0 Å². The molecule has 1 amide bonds. The van der Waals surface area contributed by atoms with Crippen molar-refractivity contribution in [3.63, 3.8) is 0 Å². The van der Waals surface area contributed by atoms with Gasteiger partial charge in [0.05, 0.1) is 0 Å². The predicted octanol–water partition coefficient (Wildman–Crippen LogP) is 7.09. The number of para-hydroxylation sites is 1. The van der Waals surface area contributed by atoms with Crippen LogP contribution in [0.4, 0.5) is 10.5 Å². The molecule has 1 N–H and O–H groups in total. The van der Waals surface area contributed by atoms with Crippen LogP contribution in [0.1, 0.15) is 80.1 Å². The van der Waals surface area contributed by atoms with Crippen LogP contribution in [0.3, 0.4) is 0 Å². The number of carbonyl (C=O) groups is 1. The molecule has 1 rings (SSSR count). The number of carbonyl (C=O) groups excluding carboxylic acids is 1. The minimum atomic E-state index is -2.60. The molecule has 4 heteroatoms. The Balaban J connectivity index is 3.24. The third-order valence-electron chi connectivity index (χ3n) is 5.16. The second kappa shape index (κ2) is 12.0. The van der Waals surface area contributed by atoms with E-state index >= 15 is 0 Å². The fourth-order valence-corrected chi connectivity index (χ4v) is 20.4. The van der Waals surface area contributed by atoms with Gasteiger partial charge in [-0.2, -0.15) is 0 Å². The second-order valence-electron chi connectivity index (χ2n) is 8.76. The molecule has 0 bridgehead atoms. The van der Waals surface area contributed by atoms with Crippen molar-refractivity contribution in [2.24, 2.45) is 0 Å². The Morgan fingerprint density at radius 2 is 1.41 bits per heavy atom. The summed E-state index contributed by atoms with van der Waals surface area (Å²) in [7, 11) is 0. The Bertz CT molecular complexity index is 544. The molecule has 0 aliphatic carbocycles. The van der Waals surface area contributed by atoms with E-state index in [4.69, 9.17) is 4.74 Å². The Kier molecular flexibility index (Phi) is 10.8. The summed E-state index contributed by atoms with van der Waals surface area (Å²) in [6.45, 7) is 12.6. The van der Waals surface area contributed by atoms with Gasteiger partial charge in [-0.3, -0.25) is 0 Å².